The lowest BCUT2D eigenvalue weighted by Gasteiger charge is -2.11. The molecule has 0 amide bonds. The highest BCUT2D eigenvalue weighted by atomic mass is 15.1. The van der Waals surface area contributed by atoms with E-state index in [1.165, 1.54) is 0 Å². The summed E-state index contributed by atoms with van der Waals surface area (Å²) in [7, 11) is 0. The van der Waals surface area contributed by atoms with E-state index in [0.29, 0.717) is 0 Å². The first-order valence-electron chi connectivity index (χ1n) is 7.83. The zero-order chi connectivity index (χ0) is 16.6. The molecule has 0 atom stereocenters. The quantitative estimate of drug-likeness (QED) is 0.776. The van der Waals surface area contributed by atoms with Gasteiger partial charge in [-0.2, -0.15) is 5.10 Å². The molecule has 0 aromatic carbocycles. The molecule has 1 N–H and O–H groups in total. The monoisotopic (exact) mass is 315 g/mol. The van der Waals surface area contributed by atoms with Crippen LogP contribution in [0.15, 0.2) is 59.9 Å². The first-order valence-corrected chi connectivity index (χ1v) is 7.83. The third-order valence-electron chi connectivity index (χ3n) is 3.94. The maximum atomic E-state index is 4.71. The second kappa shape index (κ2) is 5.53. The highest BCUT2D eigenvalue weighted by Crippen LogP contribution is 2.29. The SMILES string of the molecule is CC1(C)C=CC=C(c2[nH]ncc2-c2ccc3ncccc3n2)N=C1. The van der Waals surface area contributed by atoms with E-state index in [1.54, 1.807) is 12.4 Å². The molecule has 0 fully saturated rings. The molecule has 4 rings (SSSR count). The fourth-order valence-electron chi connectivity index (χ4n) is 2.64. The molecule has 0 radical (unpaired) electrons. The molecule has 0 spiro atoms. The van der Waals surface area contributed by atoms with Crippen molar-refractivity contribution in [3.8, 4) is 11.3 Å². The van der Waals surface area contributed by atoms with Gasteiger partial charge in [-0.05, 0) is 30.3 Å². The van der Waals surface area contributed by atoms with Crippen LogP contribution in [0, 0.1) is 5.41 Å². The number of fused-ring (bicyclic) bond motifs is 1. The molecule has 0 bridgehead atoms. The van der Waals surface area contributed by atoms with Gasteiger partial charge in [0, 0.05) is 23.4 Å². The Bertz CT molecular complexity index is 992. The van der Waals surface area contributed by atoms with Crippen molar-refractivity contribution in [2.45, 2.75) is 13.8 Å². The van der Waals surface area contributed by atoms with Gasteiger partial charge < -0.3 is 0 Å². The van der Waals surface area contributed by atoms with Gasteiger partial charge in [-0.15, -0.1) is 0 Å². The van der Waals surface area contributed by atoms with Crippen molar-refractivity contribution < 1.29 is 0 Å². The van der Waals surface area contributed by atoms with Crippen LogP contribution in [0.2, 0.25) is 0 Å². The third kappa shape index (κ3) is 2.65. The lowest BCUT2D eigenvalue weighted by atomic mass is 9.95. The largest absolute Gasteiger partial charge is 0.276 e. The zero-order valence-electron chi connectivity index (χ0n) is 13.6. The van der Waals surface area contributed by atoms with Gasteiger partial charge in [0.15, 0.2) is 0 Å². The average molecular weight is 315 g/mol. The smallest absolute Gasteiger partial charge is 0.0928 e. The molecular weight excluding hydrogens is 298 g/mol. The van der Waals surface area contributed by atoms with Crippen molar-refractivity contribution >= 4 is 22.9 Å². The summed E-state index contributed by atoms with van der Waals surface area (Å²) in [6.07, 6.45) is 11.7. The molecule has 1 aliphatic rings. The van der Waals surface area contributed by atoms with Crippen LogP contribution in [0.4, 0.5) is 0 Å². The molecule has 0 saturated carbocycles. The van der Waals surface area contributed by atoms with Crippen LogP contribution in [-0.4, -0.2) is 26.4 Å². The molecule has 24 heavy (non-hydrogen) atoms. The fraction of sp³-hybridized carbons (Fsp3) is 0.158. The normalized spacial score (nSPS) is 16.2. The molecule has 1 aliphatic heterocycles. The van der Waals surface area contributed by atoms with E-state index in [-0.39, 0.29) is 5.41 Å². The standard InChI is InChI=1S/C19H17N5/c1-19(2)9-3-5-17(21-12-19)18-13(11-22-24-18)14-7-8-15-16(23-14)6-4-10-20-15/h3-12H,1-2H3,(H,22,24). The maximum absolute atomic E-state index is 4.71. The number of aromatic amines is 1. The van der Waals surface area contributed by atoms with Gasteiger partial charge in [-0.1, -0.05) is 26.0 Å². The van der Waals surface area contributed by atoms with E-state index < -0.39 is 0 Å². The lowest BCUT2D eigenvalue weighted by Crippen LogP contribution is -2.07. The minimum absolute atomic E-state index is 0.0642. The first-order chi connectivity index (χ1) is 11.6. The van der Waals surface area contributed by atoms with E-state index in [1.807, 2.05) is 42.6 Å². The number of hydrogen-bond donors (Lipinski definition) is 1. The Balaban J connectivity index is 1.80. The number of pyridine rings is 2. The van der Waals surface area contributed by atoms with Gasteiger partial charge in [0.2, 0.25) is 0 Å². The van der Waals surface area contributed by atoms with Crippen molar-refractivity contribution in [3.63, 3.8) is 0 Å². The van der Waals surface area contributed by atoms with Crippen LogP contribution in [-0.2, 0) is 0 Å². The second-order valence-electron chi connectivity index (χ2n) is 6.39. The molecule has 0 saturated heterocycles. The van der Waals surface area contributed by atoms with Crippen LogP contribution in [0.5, 0.6) is 0 Å². The van der Waals surface area contributed by atoms with Gasteiger partial charge in [-0.3, -0.25) is 15.1 Å². The molecular formula is C19H17N5. The van der Waals surface area contributed by atoms with E-state index >= 15 is 0 Å². The van der Waals surface area contributed by atoms with Crippen molar-refractivity contribution in [2.24, 2.45) is 10.4 Å². The van der Waals surface area contributed by atoms with Gasteiger partial charge in [0.05, 0.1) is 34.3 Å². The van der Waals surface area contributed by atoms with Crippen LogP contribution in [0.25, 0.3) is 28.0 Å². The van der Waals surface area contributed by atoms with Crippen LogP contribution >= 0.6 is 0 Å². The summed E-state index contributed by atoms with van der Waals surface area (Å²) in [6, 6.07) is 7.78. The van der Waals surface area contributed by atoms with Crippen LogP contribution in [0.3, 0.4) is 0 Å². The Labute approximate surface area is 139 Å². The van der Waals surface area contributed by atoms with E-state index in [4.69, 9.17) is 4.98 Å². The number of hydrogen-bond acceptors (Lipinski definition) is 4. The molecule has 5 heteroatoms. The number of aromatic nitrogens is 4. The van der Waals surface area contributed by atoms with Crippen molar-refractivity contribution in [1.29, 1.82) is 0 Å². The molecule has 0 aliphatic carbocycles. The summed E-state index contributed by atoms with van der Waals surface area (Å²) in [5, 5.41) is 7.26. The lowest BCUT2D eigenvalue weighted by molar-refractivity contribution is 0.695. The Hall–Kier alpha value is -3.08. The highest BCUT2D eigenvalue weighted by Gasteiger charge is 2.17. The first kappa shape index (κ1) is 14.5. The summed E-state index contributed by atoms with van der Waals surface area (Å²) in [5.74, 6) is 0. The second-order valence-corrected chi connectivity index (χ2v) is 6.39. The predicted molar refractivity (Wildman–Crippen MR) is 96.5 cm³/mol. The van der Waals surface area contributed by atoms with Gasteiger partial charge in [-0.25, -0.2) is 4.98 Å². The summed E-state index contributed by atoms with van der Waals surface area (Å²) in [5.41, 5.74) is 5.16. The number of allylic oxidation sites excluding steroid dienone is 3. The Kier molecular flexibility index (Phi) is 3.34. The number of nitrogens with one attached hydrogen (secondary N) is 1. The van der Waals surface area contributed by atoms with Crippen LogP contribution in [0.1, 0.15) is 19.5 Å². The number of rotatable bonds is 2. The predicted octanol–water partition coefficient (Wildman–Crippen LogP) is 4.03. The minimum atomic E-state index is -0.0642. The molecule has 5 nitrogen and oxygen atoms in total. The topological polar surface area (TPSA) is 66.8 Å². The molecule has 4 heterocycles. The summed E-state index contributed by atoms with van der Waals surface area (Å²) in [4.78, 5) is 13.6. The van der Waals surface area contributed by atoms with Crippen molar-refractivity contribution in [3.05, 3.63) is 60.6 Å². The van der Waals surface area contributed by atoms with E-state index in [2.05, 4.69) is 40.1 Å². The Morgan fingerprint density at radius 1 is 1.08 bits per heavy atom. The maximum Gasteiger partial charge on any atom is 0.0928 e. The minimum Gasteiger partial charge on any atom is -0.276 e. The third-order valence-corrected chi connectivity index (χ3v) is 3.94. The summed E-state index contributed by atoms with van der Waals surface area (Å²) >= 11 is 0. The molecule has 0 unspecified atom stereocenters. The number of H-pyrrole nitrogens is 1. The van der Waals surface area contributed by atoms with Gasteiger partial charge in [0.25, 0.3) is 0 Å². The van der Waals surface area contributed by atoms with Crippen molar-refractivity contribution in [1.82, 2.24) is 20.2 Å². The van der Waals surface area contributed by atoms with Crippen molar-refractivity contribution in [2.75, 3.05) is 0 Å². The van der Waals surface area contributed by atoms with E-state index in [0.717, 1.165) is 33.7 Å². The molecule has 3 aromatic rings. The molecule has 118 valence electrons. The van der Waals surface area contributed by atoms with Gasteiger partial charge >= 0.3 is 0 Å². The number of aliphatic imine (C=N–C) groups is 1. The average Bonchev–Trinajstić information content (AvgIpc) is 2.99. The summed E-state index contributed by atoms with van der Waals surface area (Å²) in [6.45, 7) is 4.24. The van der Waals surface area contributed by atoms with Gasteiger partial charge in [0.1, 0.15) is 0 Å². The highest BCUT2D eigenvalue weighted by molar-refractivity contribution is 5.85. The Morgan fingerprint density at radius 3 is 2.92 bits per heavy atom. The van der Waals surface area contributed by atoms with Crippen LogP contribution < -0.4 is 0 Å². The fourth-order valence-corrected chi connectivity index (χ4v) is 2.64. The zero-order valence-corrected chi connectivity index (χ0v) is 13.6. The number of nitrogens with zero attached hydrogens (tertiary/aromatic N) is 4. The summed E-state index contributed by atoms with van der Waals surface area (Å²) < 4.78 is 0. The van der Waals surface area contributed by atoms with E-state index in [9.17, 15) is 0 Å². The Morgan fingerprint density at radius 2 is 2.00 bits per heavy atom. The molecule has 3 aromatic heterocycles.